The van der Waals surface area contributed by atoms with Gasteiger partial charge in [0.2, 0.25) is 0 Å². The quantitative estimate of drug-likeness (QED) is 0.688. The maximum atomic E-state index is 9.34. The lowest BCUT2D eigenvalue weighted by atomic mass is 10.1. The van der Waals surface area contributed by atoms with E-state index in [1.54, 1.807) is 12.4 Å². The highest BCUT2D eigenvalue weighted by Gasteiger charge is 2.11. The van der Waals surface area contributed by atoms with Crippen LogP contribution in [0.3, 0.4) is 0 Å². The fourth-order valence-electron chi connectivity index (χ4n) is 2.18. The Morgan fingerprint density at radius 1 is 1.37 bits per heavy atom. The fourth-order valence-corrected chi connectivity index (χ4v) is 2.49. The lowest BCUT2D eigenvalue weighted by Crippen LogP contribution is -1.99. The first-order chi connectivity index (χ1) is 9.22. The molecule has 0 saturated heterocycles. The number of pyridine rings is 1. The van der Waals surface area contributed by atoms with E-state index in [1.807, 2.05) is 35.8 Å². The van der Waals surface area contributed by atoms with Crippen molar-refractivity contribution < 1.29 is 0 Å². The molecule has 3 aromatic rings. The molecule has 0 radical (unpaired) electrons. The van der Waals surface area contributed by atoms with E-state index in [1.165, 1.54) is 0 Å². The van der Waals surface area contributed by atoms with Crippen LogP contribution in [-0.4, -0.2) is 14.5 Å². The topological polar surface area (TPSA) is 57.4 Å². The average molecular weight is 266 g/mol. The van der Waals surface area contributed by atoms with E-state index < -0.39 is 0 Å². The van der Waals surface area contributed by atoms with Gasteiger partial charge in [-0.25, -0.2) is 0 Å². The van der Waals surface area contributed by atoms with E-state index in [9.17, 15) is 5.26 Å². The molecule has 1 aromatic carbocycles. The summed E-state index contributed by atoms with van der Waals surface area (Å²) in [4.78, 5) is 7.17. The molecule has 0 atom stereocenters. The predicted octanol–water partition coefficient (Wildman–Crippen LogP) is 3.26. The van der Waals surface area contributed by atoms with Gasteiger partial charge >= 0.3 is 0 Å². The maximum Gasteiger partial charge on any atom is 0.182 e. The molecule has 1 N–H and O–H groups in total. The number of hydrogen-bond donors (Lipinski definition) is 1. The van der Waals surface area contributed by atoms with Crippen molar-refractivity contribution in [3.8, 4) is 11.8 Å². The van der Waals surface area contributed by atoms with Gasteiger partial charge in [-0.1, -0.05) is 12.1 Å². The molecule has 0 amide bonds. The Morgan fingerprint density at radius 3 is 3.00 bits per heavy atom. The highest BCUT2D eigenvalue weighted by molar-refractivity contribution is 7.71. The van der Waals surface area contributed by atoms with Crippen molar-refractivity contribution in [1.29, 1.82) is 5.26 Å². The molecule has 0 aliphatic heterocycles. The zero-order chi connectivity index (χ0) is 13.4. The molecule has 2 aromatic heterocycles. The number of nitrogens with one attached hydrogen (secondary N) is 1. The molecule has 92 valence electrons. The maximum absolute atomic E-state index is 9.34. The van der Waals surface area contributed by atoms with Crippen LogP contribution >= 0.6 is 12.2 Å². The smallest absolute Gasteiger partial charge is 0.182 e. The van der Waals surface area contributed by atoms with Crippen molar-refractivity contribution in [1.82, 2.24) is 14.5 Å². The van der Waals surface area contributed by atoms with Crippen molar-refractivity contribution >= 4 is 23.3 Å². The second-order valence-corrected chi connectivity index (χ2v) is 4.63. The monoisotopic (exact) mass is 266 g/mol. The Labute approximate surface area is 115 Å². The minimum absolute atomic E-state index is 0.560. The van der Waals surface area contributed by atoms with Crippen LogP contribution in [0.2, 0.25) is 0 Å². The molecule has 0 spiro atoms. The summed E-state index contributed by atoms with van der Waals surface area (Å²) in [6.07, 6.45) is 3.44. The van der Waals surface area contributed by atoms with Crippen LogP contribution in [0.4, 0.5) is 0 Å². The van der Waals surface area contributed by atoms with Crippen LogP contribution in [0.1, 0.15) is 11.1 Å². The van der Waals surface area contributed by atoms with Gasteiger partial charge in [-0.15, -0.1) is 0 Å². The van der Waals surface area contributed by atoms with Gasteiger partial charge in [0, 0.05) is 6.20 Å². The van der Waals surface area contributed by atoms with Gasteiger partial charge in [0.25, 0.3) is 0 Å². The number of aryl methyl sites for hydroxylation is 1. The number of fused-ring (bicyclic) bond motifs is 1. The average Bonchev–Trinajstić information content (AvgIpc) is 2.74. The normalized spacial score (nSPS) is 10.5. The van der Waals surface area contributed by atoms with Gasteiger partial charge in [-0.2, -0.15) is 5.26 Å². The largest absolute Gasteiger partial charge is 0.329 e. The van der Waals surface area contributed by atoms with Gasteiger partial charge < -0.3 is 4.98 Å². The summed E-state index contributed by atoms with van der Waals surface area (Å²) in [5.74, 6) is 0. The zero-order valence-electron chi connectivity index (χ0n) is 10.2. The molecule has 4 nitrogen and oxygen atoms in total. The fraction of sp³-hybridized carbons (Fsp3) is 0.0714. The summed E-state index contributed by atoms with van der Waals surface area (Å²) < 4.78 is 2.43. The minimum atomic E-state index is 0.560. The molecule has 0 aliphatic rings. The SMILES string of the molecule is Cc1cccc(-n2c(=S)[nH]c3cnccc32)c1C#N. The van der Waals surface area contributed by atoms with Crippen LogP contribution in [0.25, 0.3) is 16.7 Å². The summed E-state index contributed by atoms with van der Waals surface area (Å²) in [5.41, 5.74) is 4.14. The number of hydrogen-bond acceptors (Lipinski definition) is 3. The van der Waals surface area contributed by atoms with E-state index in [0.29, 0.717) is 10.3 Å². The Bertz CT molecular complexity index is 867. The summed E-state index contributed by atoms with van der Waals surface area (Å²) in [6.45, 7) is 1.92. The summed E-state index contributed by atoms with van der Waals surface area (Å²) >= 11 is 5.36. The first-order valence-electron chi connectivity index (χ1n) is 5.77. The van der Waals surface area contributed by atoms with Gasteiger partial charge in [-0.05, 0) is 36.8 Å². The number of rotatable bonds is 1. The van der Waals surface area contributed by atoms with Crippen LogP contribution in [0.5, 0.6) is 0 Å². The third-order valence-corrected chi connectivity index (χ3v) is 3.37. The summed E-state index contributed by atoms with van der Waals surface area (Å²) in [5, 5.41) is 9.34. The van der Waals surface area contributed by atoms with E-state index in [0.717, 1.165) is 22.3 Å². The molecule has 19 heavy (non-hydrogen) atoms. The Morgan fingerprint density at radius 2 is 2.21 bits per heavy atom. The first kappa shape index (κ1) is 11.6. The van der Waals surface area contributed by atoms with Gasteiger partial charge in [0.15, 0.2) is 4.77 Å². The summed E-state index contributed by atoms with van der Waals surface area (Å²) in [7, 11) is 0. The number of aromatic amines is 1. The number of H-pyrrole nitrogens is 1. The van der Waals surface area contributed by atoms with E-state index in [-0.39, 0.29) is 0 Å². The number of imidazole rings is 1. The number of nitrogens with zero attached hydrogens (tertiary/aromatic N) is 3. The Balaban J connectivity index is 2.44. The molecular formula is C14H10N4S. The standard InChI is InChI=1S/C14H10N4S/c1-9-3-2-4-12(10(9)7-15)18-13-5-6-16-8-11(13)17-14(18)19/h2-6,8H,1H3,(H,17,19). The Kier molecular flexibility index (Phi) is 2.65. The zero-order valence-corrected chi connectivity index (χ0v) is 11.0. The number of aromatic nitrogens is 3. The third-order valence-electron chi connectivity index (χ3n) is 3.09. The molecule has 3 rings (SSSR count). The van der Waals surface area contributed by atoms with Gasteiger partial charge in [-0.3, -0.25) is 9.55 Å². The van der Waals surface area contributed by atoms with Crippen molar-refractivity contribution in [2.24, 2.45) is 0 Å². The lowest BCUT2D eigenvalue weighted by molar-refractivity contribution is 1.05. The molecule has 5 heteroatoms. The second kappa shape index (κ2) is 4.34. The van der Waals surface area contributed by atoms with Crippen molar-refractivity contribution in [3.05, 3.63) is 52.6 Å². The lowest BCUT2D eigenvalue weighted by Gasteiger charge is -2.08. The molecule has 0 bridgehead atoms. The molecule has 2 heterocycles. The predicted molar refractivity (Wildman–Crippen MR) is 75.7 cm³/mol. The molecule has 0 fully saturated rings. The highest BCUT2D eigenvalue weighted by Crippen LogP contribution is 2.23. The second-order valence-electron chi connectivity index (χ2n) is 4.24. The minimum Gasteiger partial charge on any atom is -0.329 e. The van der Waals surface area contributed by atoms with Gasteiger partial charge in [0.05, 0.1) is 28.5 Å². The van der Waals surface area contributed by atoms with E-state index >= 15 is 0 Å². The summed E-state index contributed by atoms with van der Waals surface area (Å²) in [6, 6.07) is 9.87. The van der Waals surface area contributed by atoms with Crippen molar-refractivity contribution in [2.45, 2.75) is 6.92 Å². The first-order valence-corrected chi connectivity index (χ1v) is 6.18. The van der Waals surface area contributed by atoms with Crippen molar-refractivity contribution in [2.75, 3.05) is 0 Å². The molecule has 0 aliphatic carbocycles. The number of benzene rings is 1. The van der Waals surface area contributed by atoms with E-state index in [2.05, 4.69) is 16.0 Å². The molecular weight excluding hydrogens is 256 g/mol. The van der Waals surface area contributed by atoms with Crippen LogP contribution in [0, 0.1) is 23.0 Å². The number of nitriles is 1. The van der Waals surface area contributed by atoms with Crippen LogP contribution in [0.15, 0.2) is 36.7 Å². The van der Waals surface area contributed by atoms with Crippen LogP contribution in [-0.2, 0) is 0 Å². The van der Waals surface area contributed by atoms with E-state index in [4.69, 9.17) is 12.2 Å². The Hall–Kier alpha value is -2.45. The highest BCUT2D eigenvalue weighted by atomic mass is 32.1. The third kappa shape index (κ3) is 1.74. The molecule has 0 unspecified atom stereocenters. The van der Waals surface area contributed by atoms with Crippen LogP contribution < -0.4 is 0 Å². The van der Waals surface area contributed by atoms with Gasteiger partial charge in [0.1, 0.15) is 6.07 Å². The molecule has 0 saturated carbocycles. The van der Waals surface area contributed by atoms with Crippen molar-refractivity contribution in [3.63, 3.8) is 0 Å².